The van der Waals surface area contributed by atoms with E-state index in [2.05, 4.69) is 15.4 Å². The Hall–Kier alpha value is -3.66. The third-order valence-electron chi connectivity index (χ3n) is 3.63. The van der Waals surface area contributed by atoms with Crippen LogP contribution in [0, 0.1) is 11.3 Å². The lowest BCUT2D eigenvalue weighted by Gasteiger charge is -2.05. The van der Waals surface area contributed by atoms with Crippen LogP contribution in [0.3, 0.4) is 0 Å². The number of amides is 1. The number of aromatic nitrogens is 3. The van der Waals surface area contributed by atoms with E-state index < -0.39 is 0 Å². The van der Waals surface area contributed by atoms with Crippen LogP contribution in [0.15, 0.2) is 48.8 Å². The third kappa shape index (κ3) is 3.19. The minimum Gasteiger partial charge on any atom is -0.493 e. The Kier molecular flexibility index (Phi) is 4.44. The second-order valence-corrected chi connectivity index (χ2v) is 5.25. The lowest BCUT2D eigenvalue weighted by atomic mass is 10.1. The lowest BCUT2D eigenvalue weighted by molar-refractivity contribution is 0.0955. The molecule has 2 aromatic heterocycles. The van der Waals surface area contributed by atoms with Gasteiger partial charge in [0.25, 0.3) is 5.91 Å². The first kappa shape index (κ1) is 16.2. The third-order valence-corrected chi connectivity index (χ3v) is 3.63. The van der Waals surface area contributed by atoms with Crippen LogP contribution in [0.2, 0.25) is 0 Å². The Balaban J connectivity index is 1.90. The molecule has 0 atom stereocenters. The summed E-state index contributed by atoms with van der Waals surface area (Å²) < 4.78 is 1.29. The summed E-state index contributed by atoms with van der Waals surface area (Å²) in [6, 6.07) is 12.1. The van der Waals surface area contributed by atoms with Gasteiger partial charge in [0.05, 0.1) is 29.0 Å². The van der Waals surface area contributed by atoms with Crippen molar-refractivity contribution in [1.82, 2.24) is 20.1 Å². The smallest absolute Gasteiger partial charge is 0.252 e. The first-order valence-electron chi connectivity index (χ1n) is 7.66. The van der Waals surface area contributed by atoms with E-state index in [0.717, 1.165) is 5.56 Å². The molecule has 0 fully saturated rings. The van der Waals surface area contributed by atoms with E-state index in [4.69, 9.17) is 5.26 Å². The number of aromatic hydroxyl groups is 1. The molecule has 3 rings (SSSR count). The molecule has 1 aromatic carbocycles. The molecule has 7 heteroatoms. The number of carbonyl (C=O) groups excluding carboxylic acids is 1. The minimum absolute atomic E-state index is 0.0667. The van der Waals surface area contributed by atoms with Crippen molar-refractivity contribution < 1.29 is 9.90 Å². The number of rotatable bonds is 4. The number of pyridine rings is 1. The van der Waals surface area contributed by atoms with Crippen molar-refractivity contribution in [2.45, 2.75) is 6.92 Å². The number of hydrogen-bond acceptors (Lipinski definition) is 5. The molecule has 124 valence electrons. The second-order valence-electron chi connectivity index (χ2n) is 5.25. The highest BCUT2D eigenvalue weighted by Gasteiger charge is 2.14. The fourth-order valence-electron chi connectivity index (χ4n) is 2.35. The van der Waals surface area contributed by atoms with Gasteiger partial charge in [0.15, 0.2) is 5.82 Å². The van der Waals surface area contributed by atoms with E-state index in [9.17, 15) is 9.90 Å². The fourth-order valence-corrected chi connectivity index (χ4v) is 2.35. The molecule has 0 saturated carbocycles. The molecule has 0 unspecified atom stereocenters. The van der Waals surface area contributed by atoms with Crippen molar-refractivity contribution in [3.8, 4) is 28.9 Å². The highest BCUT2D eigenvalue weighted by atomic mass is 16.3. The summed E-state index contributed by atoms with van der Waals surface area (Å²) in [7, 11) is 0. The van der Waals surface area contributed by atoms with E-state index in [1.807, 2.05) is 13.0 Å². The van der Waals surface area contributed by atoms with Gasteiger partial charge in [0, 0.05) is 12.7 Å². The van der Waals surface area contributed by atoms with Crippen molar-refractivity contribution in [1.29, 1.82) is 5.26 Å². The molecule has 0 saturated heterocycles. The van der Waals surface area contributed by atoms with Crippen LogP contribution in [-0.2, 0) is 0 Å². The molecular formula is C18H15N5O2. The van der Waals surface area contributed by atoms with Crippen molar-refractivity contribution in [2.75, 3.05) is 6.54 Å². The molecule has 0 aliphatic heterocycles. The van der Waals surface area contributed by atoms with Crippen molar-refractivity contribution >= 4 is 5.91 Å². The Morgan fingerprint density at radius 1 is 1.24 bits per heavy atom. The zero-order chi connectivity index (χ0) is 17.8. The normalized spacial score (nSPS) is 10.2. The molecule has 3 aromatic rings. The van der Waals surface area contributed by atoms with Crippen LogP contribution in [-0.4, -0.2) is 32.3 Å². The van der Waals surface area contributed by atoms with Gasteiger partial charge in [-0.3, -0.25) is 4.79 Å². The molecule has 0 aliphatic carbocycles. The molecule has 0 aliphatic rings. The monoisotopic (exact) mass is 333 g/mol. The summed E-state index contributed by atoms with van der Waals surface area (Å²) in [6.07, 6.45) is 2.96. The van der Waals surface area contributed by atoms with E-state index in [0.29, 0.717) is 29.1 Å². The van der Waals surface area contributed by atoms with Crippen LogP contribution in [0.4, 0.5) is 0 Å². The number of nitriles is 1. The van der Waals surface area contributed by atoms with Gasteiger partial charge in [-0.2, -0.15) is 15.0 Å². The highest BCUT2D eigenvalue weighted by Crippen LogP contribution is 2.30. The lowest BCUT2D eigenvalue weighted by Crippen LogP contribution is -2.22. The number of nitrogens with one attached hydrogen (secondary N) is 1. The average molecular weight is 333 g/mol. The summed E-state index contributed by atoms with van der Waals surface area (Å²) >= 11 is 0. The van der Waals surface area contributed by atoms with E-state index in [1.54, 1.807) is 36.4 Å². The Bertz CT molecular complexity index is 937. The molecule has 7 nitrogen and oxygen atoms in total. The zero-order valence-electron chi connectivity index (χ0n) is 13.5. The first-order valence-corrected chi connectivity index (χ1v) is 7.66. The fraction of sp³-hybridized carbons (Fsp3) is 0.111. The molecule has 2 N–H and O–H groups in total. The summed E-state index contributed by atoms with van der Waals surface area (Å²) in [5.41, 5.74) is 2.24. The standard InChI is InChI=1S/C18H15N5O2/c1-2-20-17(24)14-7-8-16(21-10-14)23-18(25)15(11-22-23)13-5-3-12(9-19)4-6-13/h3-8,10-11,25H,2H2,1H3,(H,20,24). The van der Waals surface area contributed by atoms with Crippen LogP contribution in [0.25, 0.3) is 16.9 Å². The summed E-state index contributed by atoms with van der Waals surface area (Å²) in [4.78, 5) is 15.9. The molecule has 2 heterocycles. The SMILES string of the molecule is CCNC(=O)c1ccc(-n2ncc(-c3ccc(C#N)cc3)c2O)nc1. The van der Waals surface area contributed by atoms with Crippen LogP contribution < -0.4 is 5.32 Å². The molecule has 1 amide bonds. The molecular weight excluding hydrogens is 318 g/mol. The largest absolute Gasteiger partial charge is 0.493 e. The second kappa shape index (κ2) is 6.84. The summed E-state index contributed by atoms with van der Waals surface area (Å²) in [6.45, 7) is 2.38. The Labute approximate surface area is 144 Å². The Morgan fingerprint density at radius 3 is 2.60 bits per heavy atom. The van der Waals surface area contributed by atoms with Crippen LogP contribution in [0.5, 0.6) is 5.88 Å². The summed E-state index contributed by atoms with van der Waals surface area (Å²) in [5.74, 6) is 0.123. The van der Waals surface area contributed by atoms with Gasteiger partial charge < -0.3 is 10.4 Å². The maximum atomic E-state index is 11.8. The first-order chi connectivity index (χ1) is 12.1. The predicted molar refractivity (Wildman–Crippen MR) is 91.2 cm³/mol. The van der Waals surface area contributed by atoms with Gasteiger partial charge in [-0.15, -0.1) is 0 Å². The van der Waals surface area contributed by atoms with E-state index >= 15 is 0 Å². The van der Waals surface area contributed by atoms with E-state index in [1.165, 1.54) is 17.1 Å². The molecule has 0 spiro atoms. The number of hydrogen-bond donors (Lipinski definition) is 2. The van der Waals surface area contributed by atoms with Crippen molar-refractivity contribution in [3.63, 3.8) is 0 Å². The topological polar surface area (TPSA) is 104 Å². The van der Waals surface area contributed by atoms with E-state index in [-0.39, 0.29) is 11.8 Å². The summed E-state index contributed by atoms with van der Waals surface area (Å²) in [5, 5.41) is 26.1. The van der Waals surface area contributed by atoms with Gasteiger partial charge >= 0.3 is 0 Å². The van der Waals surface area contributed by atoms with Gasteiger partial charge in [-0.25, -0.2) is 4.98 Å². The van der Waals surface area contributed by atoms with Crippen molar-refractivity contribution in [3.05, 3.63) is 59.9 Å². The molecule has 0 radical (unpaired) electrons. The Morgan fingerprint density at radius 2 is 2.00 bits per heavy atom. The van der Waals surface area contributed by atoms with Crippen molar-refractivity contribution in [2.24, 2.45) is 0 Å². The number of benzene rings is 1. The quantitative estimate of drug-likeness (QED) is 0.762. The number of carbonyl (C=O) groups is 1. The van der Waals surface area contributed by atoms with Gasteiger partial charge in [-0.05, 0) is 36.8 Å². The average Bonchev–Trinajstić information content (AvgIpc) is 3.03. The highest BCUT2D eigenvalue weighted by molar-refractivity contribution is 5.93. The van der Waals surface area contributed by atoms with Crippen LogP contribution in [0.1, 0.15) is 22.8 Å². The minimum atomic E-state index is -0.204. The van der Waals surface area contributed by atoms with Gasteiger partial charge in [0.1, 0.15) is 0 Å². The number of nitrogens with zero attached hydrogens (tertiary/aromatic N) is 4. The predicted octanol–water partition coefficient (Wildman–Crippen LogP) is 2.26. The maximum Gasteiger partial charge on any atom is 0.252 e. The van der Waals surface area contributed by atoms with Crippen LogP contribution >= 0.6 is 0 Å². The van der Waals surface area contributed by atoms with Gasteiger partial charge in [-0.1, -0.05) is 12.1 Å². The molecule has 0 bridgehead atoms. The molecule has 25 heavy (non-hydrogen) atoms. The maximum absolute atomic E-state index is 11.8. The zero-order valence-corrected chi connectivity index (χ0v) is 13.5. The van der Waals surface area contributed by atoms with Gasteiger partial charge in [0.2, 0.25) is 5.88 Å².